The first-order valence-electron chi connectivity index (χ1n) is 7.33. The lowest BCUT2D eigenvalue weighted by molar-refractivity contribution is 0.169. The first kappa shape index (κ1) is 19.6. The molecule has 1 N–H and O–H groups in total. The molecule has 0 radical (unpaired) electrons. The number of aromatic nitrogens is 1. The fourth-order valence-corrected chi connectivity index (χ4v) is 2.57. The summed E-state index contributed by atoms with van der Waals surface area (Å²) in [5, 5.41) is 8.02. The highest BCUT2D eigenvalue weighted by Crippen LogP contribution is 2.08. The Hall–Kier alpha value is -0.480. The van der Waals surface area contributed by atoms with Gasteiger partial charge in [0.05, 0.1) is 5.69 Å². The third-order valence-electron chi connectivity index (χ3n) is 3.71. The molecule has 1 aliphatic rings. The highest BCUT2D eigenvalue weighted by molar-refractivity contribution is 14.0. The van der Waals surface area contributed by atoms with Gasteiger partial charge in [-0.3, -0.25) is 9.89 Å². The normalized spacial score (nSPS) is 18.0. The predicted octanol–water partition coefficient (Wildman–Crippen LogP) is 1.74. The molecule has 0 saturated carbocycles. The van der Waals surface area contributed by atoms with Crippen molar-refractivity contribution in [3.8, 4) is 0 Å². The SMILES string of the molecule is CN=C(NCC(C)SC)N1CCN(Cc2ccon2)CC1.I. The van der Waals surface area contributed by atoms with E-state index in [-0.39, 0.29) is 24.0 Å². The number of halogens is 1. The molecule has 1 atom stereocenters. The molecule has 126 valence electrons. The number of nitrogens with zero attached hydrogens (tertiary/aromatic N) is 4. The van der Waals surface area contributed by atoms with Crippen LogP contribution < -0.4 is 5.32 Å². The molecule has 1 aliphatic heterocycles. The molecule has 0 amide bonds. The lowest BCUT2D eigenvalue weighted by Gasteiger charge is -2.36. The first-order chi connectivity index (χ1) is 10.2. The highest BCUT2D eigenvalue weighted by Gasteiger charge is 2.20. The Morgan fingerprint density at radius 3 is 2.73 bits per heavy atom. The largest absolute Gasteiger partial charge is 0.364 e. The van der Waals surface area contributed by atoms with Gasteiger partial charge in [-0.05, 0) is 6.26 Å². The molecule has 6 nitrogen and oxygen atoms in total. The Kier molecular flexibility index (Phi) is 9.18. The monoisotopic (exact) mass is 439 g/mol. The first-order valence-corrected chi connectivity index (χ1v) is 8.61. The van der Waals surface area contributed by atoms with Crippen LogP contribution in [0.1, 0.15) is 12.6 Å². The quantitative estimate of drug-likeness (QED) is 0.429. The van der Waals surface area contributed by atoms with Crippen LogP contribution in [0.4, 0.5) is 0 Å². The van der Waals surface area contributed by atoms with Gasteiger partial charge in [-0.15, -0.1) is 24.0 Å². The predicted molar refractivity (Wildman–Crippen MR) is 103 cm³/mol. The Morgan fingerprint density at radius 1 is 1.45 bits per heavy atom. The van der Waals surface area contributed by atoms with Gasteiger partial charge in [0.1, 0.15) is 6.26 Å². The zero-order valence-electron chi connectivity index (χ0n) is 13.5. The van der Waals surface area contributed by atoms with Crippen molar-refractivity contribution < 1.29 is 4.52 Å². The van der Waals surface area contributed by atoms with Gasteiger partial charge in [-0.1, -0.05) is 12.1 Å². The second-order valence-corrected chi connectivity index (χ2v) is 6.50. The van der Waals surface area contributed by atoms with Crippen molar-refractivity contribution in [2.24, 2.45) is 4.99 Å². The van der Waals surface area contributed by atoms with Gasteiger partial charge in [0.15, 0.2) is 5.96 Å². The van der Waals surface area contributed by atoms with Crippen LogP contribution in [-0.2, 0) is 6.54 Å². The molecule has 1 fully saturated rings. The molecule has 2 rings (SSSR count). The van der Waals surface area contributed by atoms with Gasteiger partial charge in [0, 0.05) is 57.6 Å². The molecule has 0 aromatic carbocycles. The molecule has 1 unspecified atom stereocenters. The minimum Gasteiger partial charge on any atom is -0.364 e. The second kappa shape index (κ2) is 10.3. The number of piperazine rings is 1. The van der Waals surface area contributed by atoms with E-state index >= 15 is 0 Å². The lowest BCUT2D eigenvalue weighted by Crippen LogP contribution is -2.52. The molecule has 1 aromatic heterocycles. The average molecular weight is 439 g/mol. The van der Waals surface area contributed by atoms with Crippen molar-refractivity contribution in [3.63, 3.8) is 0 Å². The summed E-state index contributed by atoms with van der Waals surface area (Å²) in [6, 6.07) is 1.93. The number of nitrogens with one attached hydrogen (secondary N) is 1. The van der Waals surface area contributed by atoms with Crippen molar-refractivity contribution >= 4 is 41.7 Å². The van der Waals surface area contributed by atoms with E-state index in [0.717, 1.165) is 50.9 Å². The molecule has 1 saturated heterocycles. The maximum atomic E-state index is 4.88. The topological polar surface area (TPSA) is 56.9 Å². The standard InChI is InChI=1S/C14H25N5OS.HI/c1-12(21-3)10-16-14(15-2)19-7-5-18(6-8-19)11-13-4-9-20-17-13;/h4,9,12H,5-8,10-11H2,1-3H3,(H,15,16);1H. The summed E-state index contributed by atoms with van der Waals surface area (Å²) in [6.45, 7) is 8.06. The lowest BCUT2D eigenvalue weighted by atomic mass is 10.3. The van der Waals surface area contributed by atoms with Crippen LogP contribution in [0, 0.1) is 0 Å². The maximum Gasteiger partial charge on any atom is 0.193 e. The molecule has 0 aliphatic carbocycles. The molecule has 0 spiro atoms. The summed E-state index contributed by atoms with van der Waals surface area (Å²) in [5.74, 6) is 1.01. The van der Waals surface area contributed by atoms with Crippen molar-refractivity contribution in [2.45, 2.75) is 18.7 Å². The summed E-state index contributed by atoms with van der Waals surface area (Å²) < 4.78 is 4.88. The van der Waals surface area contributed by atoms with Crippen LogP contribution >= 0.6 is 35.7 Å². The number of hydrogen-bond acceptors (Lipinski definition) is 5. The van der Waals surface area contributed by atoms with Gasteiger partial charge < -0.3 is 14.7 Å². The zero-order valence-corrected chi connectivity index (χ0v) is 16.6. The van der Waals surface area contributed by atoms with Crippen LogP contribution in [0.25, 0.3) is 0 Å². The highest BCUT2D eigenvalue weighted by atomic mass is 127. The van der Waals surface area contributed by atoms with Crippen LogP contribution in [0.2, 0.25) is 0 Å². The molecule has 8 heteroatoms. The third kappa shape index (κ3) is 5.96. The zero-order chi connectivity index (χ0) is 15.1. The number of guanidine groups is 1. The van der Waals surface area contributed by atoms with E-state index in [1.54, 1.807) is 6.26 Å². The van der Waals surface area contributed by atoms with E-state index in [9.17, 15) is 0 Å². The Labute approximate surface area is 154 Å². The van der Waals surface area contributed by atoms with Gasteiger partial charge in [-0.25, -0.2) is 0 Å². The maximum absolute atomic E-state index is 4.88. The van der Waals surface area contributed by atoms with Crippen LogP contribution in [0.3, 0.4) is 0 Å². The number of thioether (sulfide) groups is 1. The van der Waals surface area contributed by atoms with E-state index in [1.807, 2.05) is 24.9 Å². The van der Waals surface area contributed by atoms with Crippen molar-refractivity contribution in [3.05, 3.63) is 18.0 Å². The van der Waals surface area contributed by atoms with Crippen LogP contribution in [0.15, 0.2) is 21.8 Å². The van der Waals surface area contributed by atoms with E-state index < -0.39 is 0 Å². The molecule has 1 aromatic rings. The molecular formula is C14H26IN5OS. The molecule has 22 heavy (non-hydrogen) atoms. The van der Waals surface area contributed by atoms with E-state index in [0.29, 0.717) is 5.25 Å². The third-order valence-corrected chi connectivity index (χ3v) is 4.68. The Morgan fingerprint density at radius 2 is 2.18 bits per heavy atom. The van der Waals surface area contributed by atoms with Crippen molar-refractivity contribution in [1.29, 1.82) is 0 Å². The summed E-state index contributed by atoms with van der Waals surface area (Å²) >= 11 is 1.87. The number of hydrogen-bond donors (Lipinski definition) is 1. The van der Waals surface area contributed by atoms with E-state index in [1.165, 1.54) is 0 Å². The number of aliphatic imine (C=N–C) groups is 1. The second-order valence-electron chi connectivity index (χ2n) is 5.23. The average Bonchev–Trinajstić information content (AvgIpc) is 3.02. The van der Waals surface area contributed by atoms with E-state index in [2.05, 4.69) is 38.4 Å². The summed E-state index contributed by atoms with van der Waals surface area (Å²) in [7, 11) is 1.86. The fraction of sp³-hybridized carbons (Fsp3) is 0.714. The van der Waals surface area contributed by atoms with Crippen LogP contribution in [0.5, 0.6) is 0 Å². The fourth-order valence-electron chi connectivity index (χ4n) is 2.32. The Balaban J connectivity index is 0.00000242. The van der Waals surface area contributed by atoms with Crippen LogP contribution in [-0.4, -0.2) is 72.2 Å². The van der Waals surface area contributed by atoms with E-state index in [4.69, 9.17) is 4.52 Å². The molecular weight excluding hydrogens is 413 g/mol. The van der Waals surface area contributed by atoms with Gasteiger partial charge >= 0.3 is 0 Å². The van der Waals surface area contributed by atoms with Crippen molar-refractivity contribution in [1.82, 2.24) is 20.3 Å². The van der Waals surface area contributed by atoms with Crippen molar-refractivity contribution in [2.75, 3.05) is 46.0 Å². The Bertz CT molecular complexity index is 434. The summed E-state index contributed by atoms with van der Waals surface area (Å²) in [4.78, 5) is 9.12. The van der Waals surface area contributed by atoms with Gasteiger partial charge in [0.25, 0.3) is 0 Å². The minimum atomic E-state index is 0. The minimum absolute atomic E-state index is 0. The van der Waals surface area contributed by atoms with Gasteiger partial charge in [0.2, 0.25) is 0 Å². The molecule has 2 heterocycles. The summed E-state index contributed by atoms with van der Waals surface area (Å²) in [6.07, 6.45) is 3.77. The summed E-state index contributed by atoms with van der Waals surface area (Å²) in [5.41, 5.74) is 1.000. The number of rotatable bonds is 5. The smallest absolute Gasteiger partial charge is 0.193 e. The molecule has 0 bridgehead atoms. The van der Waals surface area contributed by atoms with Gasteiger partial charge in [-0.2, -0.15) is 11.8 Å².